The van der Waals surface area contributed by atoms with E-state index in [0.717, 1.165) is 63.0 Å². The molecule has 4 heterocycles. The highest BCUT2D eigenvalue weighted by molar-refractivity contribution is 5.74. The number of carboxylic acids is 1. The monoisotopic (exact) mass is 515 g/mol. The minimum absolute atomic E-state index is 0.282. The van der Waals surface area contributed by atoms with Crippen LogP contribution in [0.25, 0.3) is 11.2 Å². The lowest BCUT2D eigenvalue weighted by Gasteiger charge is -2.40. The van der Waals surface area contributed by atoms with Crippen molar-refractivity contribution in [1.29, 1.82) is 0 Å². The summed E-state index contributed by atoms with van der Waals surface area (Å²) in [5.41, 5.74) is 3.30. The van der Waals surface area contributed by atoms with Crippen LogP contribution in [0.4, 0.5) is 0 Å². The Hall–Kier alpha value is -2.77. The molecule has 3 aromatic rings. The fraction of sp³-hybridized carbons (Fsp3) is 0.581. The van der Waals surface area contributed by atoms with Crippen molar-refractivity contribution in [1.82, 2.24) is 24.3 Å². The molecule has 5 atom stereocenters. The van der Waals surface area contributed by atoms with Crippen molar-refractivity contribution in [2.45, 2.75) is 75.9 Å². The van der Waals surface area contributed by atoms with Crippen molar-refractivity contribution < 1.29 is 9.90 Å². The molecular formula is C31H41N5O2. The zero-order valence-electron chi connectivity index (χ0n) is 22.5. The second-order valence-corrected chi connectivity index (χ2v) is 11.9. The second kappa shape index (κ2) is 11.1. The highest BCUT2D eigenvalue weighted by atomic mass is 16.4. The van der Waals surface area contributed by atoms with E-state index >= 15 is 0 Å². The first kappa shape index (κ1) is 25.5. The van der Waals surface area contributed by atoms with E-state index in [2.05, 4.69) is 61.6 Å². The lowest BCUT2D eigenvalue weighted by molar-refractivity contribution is -0.145. The number of imidazole rings is 1. The zero-order chi connectivity index (χ0) is 26.1. The van der Waals surface area contributed by atoms with Crippen LogP contribution in [0, 0.1) is 11.8 Å². The summed E-state index contributed by atoms with van der Waals surface area (Å²) in [6, 6.07) is 15.3. The van der Waals surface area contributed by atoms with Gasteiger partial charge in [0.15, 0.2) is 5.65 Å². The number of hydrogen-bond acceptors (Lipinski definition) is 5. The summed E-state index contributed by atoms with van der Waals surface area (Å²) < 4.78 is 2.27. The molecule has 3 fully saturated rings. The van der Waals surface area contributed by atoms with Gasteiger partial charge >= 0.3 is 5.97 Å². The number of nitrogens with zero attached hydrogens (tertiary/aromatic N) is 5. The summed E-state index contributed by atoms with van der Waals surface area (Å²) in [4.78, 5) is 26.7. The van der Waals surface area contributed by atoms with Crippen LogP contribution in [0.2, 0.25) is 0 Å². The molecule has 2 saturated heterocycles. The van der Waals surface area contributed by atoms with Gasteiger partial charge in [-0.1, -0.05) is 49.6 Å². The fourth-order valence-electron chi connectivity index (χ4n) is 7.66. The lowest BCUT2D eigenvalue weighted by Crippen LogP contribution is -2.47. The van der Waals surface area contributed by atoms with E-state index in [4.69, 9.17) is 0 Å². The molecule has 2 unspecified atom stereocenters. The Morgan fingerprint density at radius 1 is 1.03 bits per heavy atom. The number of aromatic nitrogens is 3. The summed E-state index contributed by atoms with van der Waals surface area (Å²) in [6.07, 6.45) is 11.7. The largest absolute Gasteiger partial charge is 0.480 e. The number of benzene rings is 1. The molecule has 0 spiro atoms. The summed E-state index contributed by atoms with van der Waals surface area (Å²) >= 11 is 0. The van der Waals surface area contributed by atoms with Crippen LogP contribution >= 0.6 is 0 Å². The number of hydrogen-bond donors (Lipinski definition) is 1. The zero-order valence-corrected chi connectivity index (χ0v) is 22.5. The maximum absolute atomic E-state index is 12.6. The summed E-state index contributed by atoms with van der Waals surface area (Å²) in [6.45, 7) is 6.13. The maximum atomic E-state index is 12.6. The molecule has 0 radical (unpaired) electrons. The van der Waals surface area contributed by atoms with Gasteiger partial charge in [-0.15, -0.1) is 0 Å². The average molecular weight is 516 g/mol. The molecule has 38 heavy (non-hydrogen) atoms. The Kier molecular flexibility index (Phi) is 7.48. The first-order chi connectivity index (χ1) is 18.6. The Morgan fingerprint density at radius 2 is 1.84 bits per heavy atom. The minimum Gasteiger partial charge on any atom is -0.480 e. The van der Waals surface area contributed by atoms with Crippen LogP contribution in [0.15, 0.2) is 55.0 Å². The third kappa shape index (κ3) is 5.10. The van der Waals surface area contributed by atoms with E-state index in [-0.39, 0.29) is 12.0 Å². The van der Waals surface area contributed by atoms with Crippen molar-refractivity contribution in [3.63, 3.8) is 0 Å². The summed E-state index contributed by atoms with van der Waals surface area (Å²) in [5, 5.41) is 10.3. The first-order valence-electron chi connectivity index (χ1n) is 14.6. The van der Waals surface area contributed by atoms with Gasteiger partial charge < -0.3 is 14.6 Å². The molecule has 6 rings (SSSR count). The van der Waals surface area contributed by atoms with Crippen molar-refractivity contribution in [2.75, 3.05) is 26.2 Å². The maximum Gasteiger partial charge on any atom is 0.321 e. The number of pyridine rings is 1. The van der Waals surface area contributed by atoms with Crippen LogP contribution in [0.3, 0.4) is 0 Å². The van der Waals surface area contributed by atoms with Crippen molar-refractivity contribution in [3.8, 4) is 0 Å². The molecule has 0 amide bonds. The van der Waals surface area contributed by atoms with Crippen LogP contribution in [-0.4, -0.2) is 73.7 Å². The van der Waals surface area contributed by atoms with Gasteiger partial charge in [0.05, 0.1) is 6.33 Å². The van der Waals surface area contributed by atoms with E-state index in [1.807, 2.05) is 24.7 Å². The predicted molar refractivity (Wildman–Crippen MR) is 149 cm³/mol. The van der Waals surface area contributed by atoms with E-state index in [9.17, 15) is 9.90 Å². The molecular weight excluding hydrogens is 474 g/mol. The van der Waals surface area contributed by atoms with E-state index in [1.165, 1.54) is 24.8 Å². The van der Waals surface area contributed by atoms with Gasteiger partial charge in [0.25, 0.3) is 0 Å². The van der Waals surface area contributed by atoms with Crippen molar-refractivity contribution in [3.05, 3.63) is 60.6 Å². The second-order valence-electron chi connectivity index (χ2n) is 11.9. The van der Waals surface area contributed by atoms with E-state index in [1.54, 1.807) is 0 Å². The molecule has 2 aromatic heterocycles. The molecule has 2 aliphatic heterocycles. The standard InChI is InChI=1S/C31H41N5O2/c1-22-17-26(36-21-33-28-13-8-15-32-30(28)36)14-16-34(22)18-25-19-35(20-27(25)23-9-4-2-5-10-23)29(31(37)38)24-11-6-3-7-12-24/h2,4-5,8-10,13,15,21-22,24-27,29H,3,6-7,11-12,14,16-20H2,1H3,(H,37,38)/t22?,25-,26?,27+,29+/m0/s1. The summed E-state index contributed by atoms with van der Waals surface area (Å²) in [7, 11) is 0. The third-order valence-electron chi connectivity index (χ3n) is 9.62. The smallest absolute Gasteiger partial charge is 0.321 e. The lowest BCUT2D eigenvalue weighted by atomic mass is 9.83. The number of carbonyl (C=O) groups is 1. The molecule has 202 valence electrons. The van der Waals surface area contributed by atoms with Gasteiger partial charge in [-0.25, -0.2) is 9.97 Å². The van der Waals surface area contributed by atoms with Gasteiger partial charge in [0.1, 0.15) is 11.6 Å². The molecule has 3 aliphatic rings. The molecule has 0 bridgehead atoms. The van der Waals surface area contributed by atoms with E-state index < -0.39 is 5.97 Å². The number of rotatable bonds is 7. The number of fused-ring (bicyclic) bond motifs is 1. The van der Waals surface area contributed by atoms with Gasteiger partial charge in [0, 0.05) is 50.4 Å². The third-order valence-corrected chi connectivity index (χ3v) is 9.62. The van der Waals surface area contributed by atoms with Gasteiger partial charge in [-0.2, -0.15) is 0 Å². The van der Waals surface area contributed by atoms with Crippen LogP contribution in [-0.2, 0) is 4.79 Å². The van der Waals surface area contributed by atoms with Gasteiger partial charge in [-0.3, -0.25) is 9.69 Å². The van der Waals surface area contributed by atoms with Crippen LogP contribution in [0.5, 0.6) is 0 Å². The molecule has 1 N–H and O–H groups in total. The highest BCUT2D eigenvalue weighted by Gasteiger charge is 2.43. The summed E-state index contributed by atoms with van der Waals surface area (Å²) in [5.74, 6) is 0.454. The Labute approximate surface area is 225 Å². The topological polar surface area (TPSA) is 74.5 Å². The van der Waals surface area contributed by atoms with Crippen LogP contribution < -0.4 is 0 Å². The molecule has 7 nitrogen and oxygen atoms in total. The number of carboxylic acid groups (broad SMARTS) is 1. The molecule has 1 aliphatic carbocycles. The van der Waals surface area contributed by atoms with Gasteiger partial charge in [0.2, 0.25) is 0 Å². The normalized spacial score (nSPS) is 28.6. The van der Waals surface area contributed by atoms with E-state index in [0.29, 0.717) is 23.9 Å². The average Bonchev–Trinajstić information content (AvgIpc) is 3.55. The quantitative estimate of drug-likeness (QED) is 0.466. The predicted octanol–water partition coefficient (Wildman–Crippen LogP) is 5.21. The first-order valence-corrected chi connectivity index (χ1v) is 14.6. The number of likely N-dealkylation sites (tertiary alicyclic amines) is 2. The Balaban J connectivity index is 1.18. The number of piperidine rings is 1. The molecule has 1 aromatic carbocycles. The molecule has 7 heteroatoms. The van der Waals surface area contributed by atoms with Gasteiger partial charge in [-0.05, 0) is 62.1 Å². The fourth-order valence-corrected chi connectivity index (χ4v) is 7.66. The minimum atomic E-state index is -0.625. The highest BCUT2D eigenvalue weighted by Crippen LogP contribution is 2.39. The Morgan fingerprint density at radius 3 is 2.61 bits per heavy atom. The van der Waals surface area contributed by atoms with Crippen LogP contribution in [0.1, 0.15) is 69.4 Å². The van der Waals surface area contributed by atoms with Crippen molar-refractivity contribution >= 4 is 17.1 Å². The van der Waals surface area contributed by atoms with Crippen molar-refractivity contribution in [2.24, 2.45) is 11.8 Å². The Bertz CT molecular complexity index is 1220. The SMILES string of the molecule is CC1CC(n2cnc3cccnc32)CCN1C[C@H]1CN([C@@H](C(=O)O)C2CCCCC2)C[C@@H]1c1ccccc1. The number of aliphatic carboxylic acids is 1. The molecule has 1 saturated carbocycles.